The quantitative estimate of drug-likeness (QED) is 0.342. The van der Waals surface area contributed by atoms with Crippen molar-refractivity contribution in [2.45, 2.75) is 25.9 Å². The molecule has 0 saturated heterocycles. The fourth-order valence-electron chi connectivity index (χ4n) is 4.44. The van der Waals surface area contributed by atoms with Crippen LogP contribution in [0.3, 0.4) is 0 Å². The maximum atomic E-state index is 14.0. The molecule has 39 heavy (non-hydrogen) atoms. The molecular formula is C30H32ClN5O3. The van der Waals surface area contributed by atoms with Gasteiger partial charge in [-0.3, -0.25) is 19.0 Å². The number of hydrogen-bond donors (Lipinski definition) is 1. The average Bonchev–Trinajstić information content (AvgIpc) is 2.93. The van der Waals surface area contributed by atoms with E-state index in [0.717, 1.165) is 11.1 Å². The van der Waals surface area contributed by atoms with E-state index in [0.29, 0.717) is 34.5 Å². The molecule has 0 radical (unpaired) electrons. The van der Waals surface area contributed by atoms with Crippen LogP contribution in [0, 0.1) is 6.92 Å². The van der Waals surface area contributed by atoms with Gasteiger partial charge >= 0.3 is 0 Å². The largest absolute Gasteiger partial charge is 0.347 e. The number of halogens is 1. The summed E-state index contributed by atoms with van der Waals surface area (Å²) in [5.74, 6) is -0.576. The number of fused-ring (bicyclic) bond motifs is 1. The van der Waals surface area contributed by atoms with E-state index in [-0.39, 0.29) is 36.3 Å². The van der Waals surface area contributed by atoms with Crippen LogP contribution >= 0.6 is 11.6 Å². The summed E-state index contributed by atoms with van der Waals surface area (Å²) in [6.07, 6.45) is 0.455. The van der Waals surface area contributed by atoms with Gasteiger partial charge in [0.15, 0.2) is 6.04 Å². The first-order valence-corrected chi connectivity index (χ1v) is 13.1. The Bertz CT molecular complexity index is 1530. The monoisotopic (exact) mass is 545 g/mol. The number of aryl methyl sites for hydroxylation is 1. The van der Waals surface area contributed by atoms with Crippen molar-refractivity contribution in [1.82, 2.24) is 19.4 Å². The molecule has 1 atom stereocenters. The van der Waals surface area contributed by atoms with Crippen molar-refractivity contribution >= 4 is 34.3 Å². The summed E-state index contributed by atoms with van der Waals surface area (Å²) >= 11 is 6.26. The van der Waals surface area contributed by atoms with E-state index in [9.17, 15) is 14.4 Å². The number of amides is 2. The Kier molecular flexibility index (Phi) is 8.79. The maximum Gasteiger partial charge on any atom is 0.261 e. The molecule has 0 bridgehead atoms. The normalized spacial score (nSPS) is 11.8. The number of nitrogens with zero attached hydrogens (tertiary/aromatic N) is 4. The number of hydrogen-bond acceptors (Lipinski definition) is 5. The summed E-state index contributed by atoms with van der Waals surface area (Å²) in [5, 5.41) is 0.779. The highest BCUT2D eigenvalue weighted by molar-refractivity contribution is 6.31. The summed E-state index contributed by atoms with van der Waals surface area (Å²) in [7, 11) is 3.23. The molecule has 2 amide bonds. The Labute approximate surface area is 232 Å². The molecule has 3 aromatic carbocycles. The number of benzene rings is 3. The number of carbonyl (C=O) groups excluding carboxylic acids is 2. The van der Waals surface area contributed by atoms with Gasteiger partial charge in [-0.1, -0.05) is 59.6 Å². The van der Waals surface area contributed by atoms with Crippen LogP contribution < -0.4 is 11.3 Å². The van der Waals surface area contributed by atoms with E-state index in [1.807, 2.05) is 49.4 Å². The third-order valence-corrected chi connectivity index (χ3v) is 6.76. The van der Waals surface area contributed by atoms with E-state index in [1.54, 1.807) is 44.4 Å². The first-order valence-electron chi connectivity index (χ1n) is 12.7. The van der Waals surface area contributed by atoms with Crippen molar-refractivity contribution in [1.29, 1.82) is 0 Å². The molecule has 0 spiro atoms. The summed E-state index contributed by atoms with van der Waals surface area (Å²) in [4.78, 5) is 49.4. The minimum absolute atomic E-state index is 0.162. The average molecular weight is 546 g/mol. The molecule has 0 fully saturated rings. The zero-order valence-corrected chi connectivity index (χ0v) is 23.1. The molecule has 1 unspecified atom stereocenters. The van der Waals surface area contributed by atoms with Gasteiger partial charge in [-0.15, -0.1) is 0 Å². The second-order valence-corrected chi connectivity index (χ2v) is 10.1. The molecule has 202 valence electrons. The first-order chi connectivity index (χ1) is 18.7. The van der Waals surface area contributed by atoms with Crippen LogP contribution in [-0.2, 0) is 11.3 Å². The molecular weight excluding hydrogens is 514 g/mol. The Balaban J connectivity index is 1.99. The zero-order valence-electron chi connectivity index (χ0n) is 22.3. The van der Waals surface area contributed by atoms with Crippen LogP contribution in [0.15, 0.2) is 77.6 Å². The second-order valence-electron chi connectivity index (χ2n) is 9.65. The Hall–Kier alpha value is -4.01. The van der Waals surface area contributed by atoms with Crippen molar-refractivity contribution < 1.29 is 9.59 Å². The highest BCUT2D eigenvalue weighted by atomic mass is 35.5. The first kappa shape index (κ1) is 28.0. The molecule has 4 aromatic rings. The highest BCUT2D eigenvalue weighted by Gasteiger charge is 2.36. The predicted molar refractivity (Wildman–Crippen MR) is 154 cm³/mol. The van der Waals surface area contributed by atoms with E-state index in [1.165, 1.54) is 14.4 Å². The van der Waals surface area contributed by atoms with Crippen LogP contribution in [0.2, 0.25) is 5.02 Å². The topological polar surface area (TPSA) is 102 Å². The van der Waals surface area contributed by atoms with Crippen molar-refractivity contribution in [3.05, 3.63) is 111 Å². The van der Waals surface area contributed by atoms with E-state index in [2.05, 4.69) is 0 Å². The summed E-state index contributed by atoms with van der Waals surface area (Å²) < 4.78 is 1.48. The van der Waals surface area contributed by atoms with Gasteiger partial charge < -0.3 is 15.5 Å². The third kappa shape index (κ3) is 6.19. The van der Waals surface area contributed by atoms with Crippen molar-refractivity contribution in [2.75, 3.05) is 27.2 Å². The SMILES string of the molecule is Cc1ccc(C(=O)N(CCCN)C(C(=O)N(C)C)c2nc3cc(Cl)ccc3c(=O)n2Cc2ccccc2)cc1. The highest BCUT2D eigenvalue weighted by Crippen LogP contribution is 2.26. The van der Waals surface area contributed by atoms with Gasteiger partial charge in [0.05, 0.1) is 17.4 Å². The lowest BCUT2D eigenvalue weighted by molar-refractivity contribution is -0.134. The zero-order chi connectivity index (χ0) is 28.1. The molecule has 1 aromatic heterocycles. The van der Waals surface area contributed by atoms with Gasteiger partial charge in [0.2, 0.25) is 0 Å². The minimum atomic E-state index is -1.18. The molecule has 1 heterocycles. The summed E-state index contributed by atoms with van der Waals surface area (Å²) in [6, 6.07) is 20.3. The van der Waals surface area contributed by atoms with Crippen molar-refractivity contribution in [3.63, 3.8) is 0 Å². The number of nitrogens with two attached hydrogens (primary N) is 1. The van der Waals surface area contributed by atoms with Crippen LogP contribution in [0.5, 0.6) is 0 Å². The lowest BCUT2D eigenvalue weighted by atomic mass is 10.1. The molecule has 4 rings (SSSR count). The van der Waals surface area contributed by atoms with Gasteiger partial charge in [0.25, 0.3) is 17.4 Å². The van der Waals surface area contributed by atoms with Gasteiger partial charge in [0, 0.05) is 31.2 Å². The van der Waals surface area contributed by atoms with Gasteiger partial charge in [0.1, 0.15) is 5.82 Å². The summed E-state index contributed by atoms with van der Waals surface area (Å²) in [5.41, 5.74) is 8.15. The van der Waals surface area contributed by atoms with E-state index in [4.69, 9.17) is 22.3 Å². The maximum absolute atomic E-state index is 14.0. The van der Waals surface area contributed by atoms with Crippen LogP contribution in [0.4, 0.5) is 0 Å². The van der Waals surface area contributed by atoms with Gasteiger partial charge in [-0.2, -0.15) is 0 Å². The fourth-order valence-corrected chi connectivity index (χ4v) is 4.60. The molecule has 0 saturated carbocycles. The number of rotatable bonds is 9. The Morgan fingerprint density at radius 3 is 2.36 bits per heavy atom. The van der Waals surface area contributed by atoms with Crippen LogP contribution in [0.1, 0.15) is 39.8 Å². The molecule has 9 heteroatoms. The van der Waals surface area contributed by atoms with E-state index < -0.39 is 6.04 Å². The van der Waals surface area contributed by atoms with Crippen LogP contribution in [-0.4, -0.2) is 58.4 Å². The third-order valence-electron chi connectivity index (χ3n) is 6.52. The van der Waals surface area contributed by atoms with Crippen molar-refractivity contribution in [3.8, 4) is 0 Å². The Morgan fingerprint density at radius 1 is 1.03 bits per heavy atom. The standard InChI is InChI=1S/C30H32ClN5O3/c1-20-10-12-22(13-11-20)28(37)35(17-7-16-32)26(30(39)34(2)3)27-33-25-18-23(31)14-15-24(25)29(38)36(27)19-21-8-5-4-6-9-21/h4-6,8-15,18,26H,7,16-17,19,32H2,1-3H3. The number of carbonyl (C=O) groups is 2. The lowest BCUT2D eigenvalue weighted by Gasteiger charge is -2.33. The second kappa shape index (κ2) is 12.2. The Morgan fingerprint density at radius 2 is 1.72 bits per heavy atom. The minimum Gasteiger partial charge on any atom is -0.347 e. The molecule has 0 aliphatic carbocycles. The van der Waals surface area contributed by atoms with Gasteiger partial charge in [-0.25, -0.2) is 4.98 Å². The predicted octanol–water partition coefficient (Wildman–Crippen LogP) is 4.03. The lowest BCUT2D eigenvalue weighted by Crippen LogP contribution is -2.47. The molecule has 0 aliphatic heterocycles. The van der Waals surface area contributed by atoms with Crippen LogP contribution in [0.25, 0.3) is 10.9 Å². The smallest absolute Gasteiger partial charge is 0.261 e. The number of likely N-dealkylation sites (N-methyl/N-ethyl adjacent to an activating group) is 1. The molecule has 2 N–H and O–H groups in total. The molecule has 0 aliphatic rings. The number of aromatic nitrogens is 2. The van der Waals surface area contributed by atoms with E-state index >= 15 is 0 Å². The summed E-state index contributed by atoms with van der Waals surface area (Å²) in [6.45, 7) is 2.62. The fraction of sp³-hybridized carbons (Fsp3) is 0.267. The van der Waals surface area contributed by atoms with Gasteiger partial charge in [-0.05, 0) is 55.8 Å². The molecule has 8 nitrogen and oxygen atoms in total. The van der Waals surface area contributed by atoms with Crippen molar-refractivity contribution in [2.24, 2.45) is 5.73 Å².